The Morgan fingerprint density at radius 2 is 2.06 bits per heavy atom. The molecule has 0 radical (unpaired) electrons. The normalized spacial score (nSPS) is 11.2. The van der Waals surface area contributed by atoms with Crippen LogP contribution in [0.1, 0.15) is 25.0 Å². The molecule has 0 spiro atoms. The first-order valence-corrected chi connectivity index (χ1v) is 5.82. The van der Waals surface area contributed by atoms with E-state index in [-0.39, 0.29) is 19.2 Å². The fourth-order valence-corrected chi connectivity index (χ4v) is 1.57. The number of aryl methyl sites for hydroxylation is 1. The molecule has 0 heterocycles. The number of rotatable bonds is 5. The fraction of sp³-hybridized carbons (Fsp3) is 0.500. The van der Waals surface area contributed by atoms with Crippen molar-refractivity contribution in [3.63, 3.8) is 0 Å². The van der Waals surface area contributed by atoms with Crippen LogP contribution in [0.4, 0.5) is 0 Å². The summed E-state index contributed by atoms with van der Waals surface area (Å²) in [6.07, 6.45) is 0. The van der Waals surface area contributed by atoms with Gasteiger partial charge in [-0.3, -0.25) is 4.79 Å². The highest BCUT2D eigenvalue weighted by atomic mass is 16.5. The molecular weight excluding hydrogens is 232 g/mol. The molecule has 1 aromatic carbocycles. The Kier molecular flexibility index (Phi) is 4.73. The van der Waals surface area contributed by atoms with Crippen molar-refractivity contribution in [1.29, 1.82) is 0 Å². The van der Waals surface area contributed by atoms with Crippen molar-refractivity contribution < 1.29 is 19.4 Å². The Labute approximate surface area is 108 Å². The summed E-state index contributed by atoms with van der Waals surface area (Å²) in [7, 11) is 1.36. The van der Waals surface area contributed by atoms with Gasteiger partial charge in [-0.15, -0.1) is 0 Å². The number of carbonyl (C=O) groups is 1. The summed E-state index contributed by atoms with van der Waals surface area (Å²) >= 11 is 0. The summed E-state index contributed by atoms with van der Waals surface area (Å²) in [5.41, 5.74) is 1.06. The summed E-state index contributed by atoms with van der Waals surface area (Å²) in [6, 6.07) is 5.56. The van der Waals surface area contributed by atoms with E-state index >= 15 is 0 Å². The van der Waals surface area contributed by atoms with Gasteiger partial charge < -0.3 is 14.6 Å². The molecule has 0 atom stereocenters. The van der Waals surface area contributed by atoms with Gasteiger partial charge in [-0.05, 0) is 26.8 Å². The van der Waals surface area contributed by atoms with Crippen molar-refractivity contribution in [2.45, 2.75) is 27.4 Å². The number of methoxy groups -OCH3 is 1. The van der Waals surface area contributed by atoms with Crippen LogP contribution in [-0.4, -0.2) is 24.8 Å². The number of benzene rings is 1. The van der Waals surface area contributed by atoms with Gasteiger partial charge in [-0.25, -0.2) is 0 Å². The highest BCUT2D eigenvalue weighted by Gasteiger charge is 2.29. The molecule has 0 aliphatic carbocycles. The fourth-order valence-electron chi connectivity index (χ4n) is 1.57. The number of esters is 1. The molecule has 18 heavy (non-hydrogen) atoms. The number of carbonyl (C=O) groups excluding carboxylic acids is 1. The first-order chi connectivity index (χ1) is 8.40. The lowest BCUT2D eigenvalue weighted by Gasteiger charge is -2.22. The van der Waals surface area contributed by atoms with E-state index in [1.807, 2.05) is 19.1 Å². The summed E-state index contributed by atoms with van der Waals surface area (Å²) in [5.74, 6) is 0.278. The molecule has 4 nitrogen and oxygen atoms in total. The monoisotopic (exact) mass is 252 g/mol. The van der Waals surface area contributed by atoms with E-state index < -0.39 is 5.41 Å². The van der Waals surface area contributed by atoms with Crippen LogP contribution in [-0.2, 0) is 16.1 Å². The van der Waals surface area contributed by atoms with Crippen molar-refractivity contribution in [2.24, 2.45) is 5.41 Å². The van der Waals surface area contributed by atoms with E-state index in [1.165, 1.54) is 7.11 Å². The number of hydrogen-bond donors (Lipinski definition) is 1. The topological polar surface area (TPSA) is 55.8 Å². The van der Waals surface area contributed by atoms with Gasteiger partial charge in [-0.1, -0.05) is 17.7 Å². The lowest BCUT2D eigenvalue weighted by Crippen LogP contribution is -2.32. The summed E-state index contributed by atoms with van der Waals surface area (Å²) in [6.45, 7) is 5.57. The Bertz CT molecular complexity index is 424. The van der Waals surface area contributed by atoms with Crippen LogP contribution in [0.5, 0.6) is 5.75 Å². The molecular formula is C14H20O4. The largest absolute Gasteiger partial charge is 0.492 e. The standard InChI is InChI=1S/C14H20O4/c1-10-5-6-12(11(7-10)8-15)18-9-14(2,3)13(16)17-4/h5-7,15H,8-9H2,1-4H3. The molecule has 100 valence electrons. The van der Waals surface area contributed by atoms with Crippen LogP contribution in [0.25, 0.3) is 0 Å². The smallest absolute Gasteiger partial charge is 0.314 e. The average molecular weight is 252 g/mol. The van der Waals surface area contributed by atoms with Crippen LogP contribution >= 0.6 is 0 Å². The lowest BCUT2D eigenvalue weighted by atomic mass is 9.95. The number of hydrogen-bond acceptors (Lipinski definition) is 4. The molecule has 0 unspecified atom stereocenters. The second kappa shape index (κ2) is 5.87. The molecule has 0 saturated heterocycles. The highest BCUT2D eigenvalue weighted by molar-refractivity contribution is 5.75. The van der Waals surface area contributed by atoms with Crippen LogP contribution in [0.2, 0.25) is 0 Å². The number of aliphatic hydroxyl groups is 1. The predicted octanol–water partition coefficient (Wildman–Crippen LogP) is 2.07. The molecule has 0 amide bonds. The molecule has 0 aliphatic rings. The van der Waals surface area contributed by atoms with Crippen LogP contribution in [0.3, 0.4) is 0 Å². The van der Waals surface area contributed by atoms with Crippen molar-refractivity contribution in [1.82, 2.24) is 0 Å². The first-order valence-electron chi connectivity index (χ1n) is 5.82. The zero-order valence-corrected chi connectivity index (χ0v) is 11.3. The SMILES string of the molecule is COC(=O)C(C)(C)COc1ccc(C)cc1CO. The zero-order valence-electron chi connectivity index (χ0n) is 11.3. The maximum absolute atomic E-state index is 11.5. The summed E-state index contributed by atoms with van der Waals surface area (Å²) in [5, 5.41) is 9.26. The number of aliphatic hydroxyl groups excluding tert-OH is 1. The lowest BCUT2D eigenvalue weighted by molar-refractivity contribution is -0.152. The van der Waals surface area contributed by atoms with Gasteiger partial charge in [0.05, 0.1) is 19.1 Å². The second-order valence-corrected chi connectivity index (χ2v) is 4.93. The van der Waals surface area contributed by atoms with Gasteiger partial charge in [0.25, 0.3) is 0 Å². The van der Waals surface area contributed by atoms with Crippen LogP contribution < -0.4 is 4.74 Å². The quantitative estimate of drug-likeness (QED) is 0.815. The molecule has 1 aromatic rings. The van der Waals surface area contributed by atoms with Crippen LogP contribution in [0, 0.1) is 12.3 Å². The summed E-state index contributed by atoms with van der Waals surface area (Å²) in [4.78, 5) is 11.5. The van der Waals surface area contributed by atoms with Gasteiger partial charge >= 0.3 is 5.97 Å². The van der Waals surface area contributed by atoms with Crippen molar-refractivity contribution in [2.75, 3.05) is 13.7 Å². The van der Waals surface area contributed by atoms with Crippen LogP contribution in [0.15, 0.2) is 18.2 Å². The molecule has 4 heteroatoms. The van der Waals surface area contributed by atoms with E-state index in [1.54, 1.807) is 19.9 Å². The van der Waals surface area contributed by atoms with Gasteiger partial charge in [0, 0.05) is 5.56 Å². The average Bonchev–Trinajstić information content (AvgIpc) is 2.36. The van der Waals surface area contributed by atoms with E-state index in [2.05, 4.69) is 0 Å². The zero-order chi connectivity index (χ0) is 13.8. The van der Waals surface area contributed by atoms with E-state index in [9.17, 15) is 9.90 Å². The van der Waals surface area contributed by atoms with E-state index in [0.717, 1.165) is 11.1 Å². The molecule has 0 saturated carbocycles. The summed E-state index contributed by atoms with van der Waals surface area (Å²) < 4.78 is 10.3. The van der Waals surface area contributed by atoms with E-state index in [4.69, 9.17) is 9.47 Å². The van der Waals surface area contributed by atoms with E-state index in [0.29, 0.717) is 5.75 Å². The minimum Gasteiger partial charge on any atom is -0.492 e. The molecule has 0 aliphatic heterocycles. The second-order valence-electron chi connectivity index (χ2n) is 4.93. The third kappa shape index (κ3) is 3.47. The van der Waals surface area contributed by atoms with Gasteiger partial charge in [-0.2, -0.15) is 0 Å². The molecule has 1 rings (SSSR count). The maximum atomic E-state index is 11.5. The minimum atomic E-state index is -0.716. The van der Waals surface area contributed by atoms with Crippen molar-refractivity contribution in [3.8, 4) is 5.75 Å². The van der Waals surface area contributed by atoms with Crippen molar-refractivity contribution in [3.05, 3.63) is 29.3 Å². The van der Waals surface area contributed by atoms with Gasteiger partial charge in [0.2, 0.25) is 0 Å². The third-order valence-corrected chi connectivity index (χ3v) is 2.71. The Morgan fingerprint density at radius 1 is 1.39 bits per heavy atom. The van der Waals surface area contributed by atoms with Gasteiger partial charge in [0.1, 0.15) is 12.4 Å². The molecule has 0 fully saturated rings. The maximum Gasteiger partial charge on any atom is 0.314 e. The number of ether oxygens (including phenoxy) is 2. The third-order valence-electron chi connectivity index (χ3n) is 2.71. The van der Waals surface area contributed by atoms with Crippen molar-refractivity contribution >= 4 is 5.97 Å². The molecule has 0 aromatic heterocycles. The minimum absolute atomic E-state index is 0.0876. The highest BCUT2D eigenvalue weighted by Crippen LogP contribution is 2.24. The Morgan fingerprint density at radius 3 is 2.61 bits per heavy atom. The first kappa shape index (κ1) is 14.5. The van der Waals surface area contributed by atoms with Gasteiger partial charge in [0.15, 0.2) is 0 Å². The predicted molar refractivity (Wildman–Crippen MR) is 68.4 cm³/mol. The Hall–Kier alpha value is -1.55. The Balaban J connectivity index is 2.77. The molecule has 1 N–H and O–H groups in total. The molecule has 0 bridgehead atoms.